The van der Waals surface area contributed by atoms with Gasteiger partial charge in [-0.25, -0.2) is 4.39 Å². The molecular formula is C18H24FN3O. The van der Waals surface area contributed by atoms with Gasteiger partial charge in [-0.15, -0.1) is 0 Å². The average Bonchev–Trinajstić information content (AvgIpc) is 3.30. The Morgan fingerprint density at radius 3 is 2.78 bits per heavy atom. The van der Waals surface area contributed by atoms with Crippen LogP contribution in [0, 0.1) is 17.7 Å². The highest BCUT2D eigenvalue weighted by atomic mass is 19.1. The number of hydrogen-bond acceptors (Lipinski definition) is 3. The molecule has 1 aromatic carbocycles. The predicted molar refractivity (Wildman–Crippen MR) is 86.0 cm³/mol. The van der Waals surface area contributed by atoms with Gasteiger partial charge < -0.3 is 4.90 Å². The van der Waals surface area contributed by atoms with E-state index in [1.165, 1.54) is 18.9 Å². The summed E-state index contributed by atoms with van der Waals surface area (Å²) in [5.41, 5.74) is 8.69. The standard InChI is InChI=1S/C18H24FN3O/c1-10-16(17(21-20-10)13-3-4-13)18(23)22-8-7-12-5-6-14(19)9-15(12)11(22)2/h5-6,9-11,13,16-17,20-21H,3-4,7-8H2,1-2H3. The number of hydrazine groups is 1. The first-order valence-corrected chi connectivity index (χ1v) is 8.66. The van der Waals surface area contributed by atoms with Crippen LogP contribution in [0.1, 0.15) is 43.9 Å². The lowest BCUT2D eigenvalue weighted by atomic mass is 9.87. The van der Waals surface area contributed by atoms with Crippen LogP contribution in [0.25, 0.3) is 0 Å². The molecule has 5 heteroatoms. The van der Waals surface area contributed by atoms with E-state index < -0.39 is 0 Å². The highest BCUT2D eigenvalue weighted by molar-refractivity contribution is 5.81. The van der Waals surface area contributed by atoms with E-state index in [2.05, 4.69) is 17.8 Å². The number of carbonyl (C=O) groups is 1. The van der Waals surface area contributed by atoms with Gasteiger partial charge in [-0.3, -0.25) is 15.6 Å². The molecule has 0 radical (unpaired) electrons. The van der Waals surface area contributed by atoms with Crippen molar-refractivity contribution in [1.82, 2.24) is 15.8 Å². The van der Waals surface area contributed by atoms with Gasteiger partial charge in [0.05, 0.1) is 12.0 Å². The van der Waals surface area contributed by atoms with E-state index >= 15 is 0 Å². The summed E-state index contributed by atoms with van der Waals surface area (Å²) in [6.07, 6.45) is 3.22. The molecule has 124 valence electrons. The smallest absolute Gasteiger partial charge is 0.229 e. The molecule has 4 nitrogen and oxygen atoms in total. The first-order valence-electron chi connectivity index (χ1n) is 8.66. The summed E-state index contributed by atoms with van der Waals surface area (Å²) >= 11 is 0. The summed E-state index contributed by atoms with van der Waals surface area (Å²) in [6, 6.07) is 5.27. The number of rotatable bonds is 2. The third-order valence-electron chi connectivity index (χ3n) is 5.75. The minimum atomic E-state index is -0.224. The average molecular weight is 317 g/mol. The Bertz CT molecular complexity index is 631. The zero-order valence-electron chi connectivity index (χ0n) is 13.7. The molecule has 2 N–H and O–H groups in total. The van der Waals surface area contributed by atoms with Crippen molar-refractivity contribution in [3.05, 3.63) is 35.1 Å². The van der Waals surface area contributed by atoms with E-state index in [4.69, 9.17) is 0 Å². The fraction of sp³-hybridized carbons (Fsp3) is 0.611. The zero-order chi connectivity index (χ0) is 16.1. The molecule has 1 saturated carbocycles. The van der Waals surface area contributed by atoms with Crippen molar-refractivity contribution in [2.75, 3.05) is 6.54 Å². The van der Waals surface area contributed by atoms with Gasteiger partial charge in [0.25, 0.3) is 0 Å². The SMILES string of the molecule is CC1NNC(C2CC2)C1C(=O)N1CCc2ccc(F)cc2C1C. The minimum Gasteiger partial charge on any atom is -0.335 e. The summed E-state index contributed by atoms with van der Waals surface area (Å²) in [5, 5.41) is 0. The second-order valence-corrected chi connectivity index (χ2v) is 7.27. The fourth-order valence-electron chi connectivity index (χ4n) is 4.23. The first-order chi connectivity index (χ1) is 11.1. The van der Waals surface area contributed by atoms with E-state index in [9.17, 15) is 9.18 Å². The second kappa shape index (κ2) is 5.56. The Labute approximate surface area is 136 Å². The molecule has 2 fully saturated rings. The van der Waals surface area contributed by atoms with Crippen LogP contribution < -0.4 is 10.9 Å². The first kappa shape index (κ1) is 15.1. The van der Waals surface area contributed by atoms with E-state index in [0.29, 0.717) is 5.92 Å². The van der Waals surface area contributed by atoms with Crippen LogP contribution in [-0.2, 0) is 11.2 Å². The van der Waals surface area contributed by atoms with Crippen LogP contribution in [0.4, 0.5) is 4.39 Å². The molecule has 4 unspecified atom stereocenters. The predicted octanol–water partition coefficient (Wildman–Crippen LogP) is 2.16. The molecule has 2 aliphatic heterocycles. The minimum absolute atomic E-state index is 0.0277. The Morgan fingerprint density at radius 2 is 2.04 bits per heavy atom. The highest BCUT2D eigenvalue weighted by Gasteiger charge is 2.48. The third-order valence-corrected chi connectivity index (χ3v) is 5.75. The Morgan fingerprint density at radius 1 is 1.26 bits per heavy atom. The summed E-state index contributed by atoms with van der Waals surface area (Å²) in [7, 11) is 0. The number of fused-ring (bicyclic) bond motifs is 1. The molecule has 1 aromatic rings. The van der Waals surface area contributed by atoms with Crippen LogP contribution in [-0.4, -0.2) is 29.4 Å². The Kier molecular flexibility index (Phi) is 3.65. The zero-order valence-corrected chi connectivity index (χ0v) is 13.7. The lowest BCUT2D eigenvalue weighted by Gasteiger charge is -2.38. The molecule has 0 bridgehead atoms. The normalized spacial score (nSPS) is 33.6. The van der Waals surface area contributed by atoms with Gasteiger partial charge in [-0.2, -0.15) is 0 Å². The highest BCUT2D eigenvalue weighted by Crippen LogP contribution is 2.40. The van der Waals surface area contributed by atoms with Gasteiger partial charge in [-0.05, 0) is 62.3 Å². The molecule has 0 spiro atoms. The largest absolute Gasteiger partial charge is 0.335 e. The topological polar surface area (TPSA) is 44.4 Å². The summed E-state index contributed by atoms with van der Waals surface area (Å²) < 4.78 is 13.6. The maximum Gasteiger partial charge on any atom is 0.229 e. The third kappa shape index (κ3) is 2.56. The molecule has 4 rings (SSSR count). The van der Waals surface area contributed by atoms with Gasteiger partial charge in [0, 0.05) is 18.6 Å². The van der Waals surface area contributed by atoms with E-state index in [1.807, 2.05) is 17.9 Å². The number of carbonyl (C=O) groups excluding carboxylic acids is 1. The monoisotopic (exact) mass is 317 g/mol. The maximum absolute atomic E-state index is 13.6. The van der Waals surface area contributed by atoms with Crippen molar-refractivity contribution in [3.63, 3.8) is 0 Å². The van der Waals surface area contributed by atoms with E-state index in [0.717, 1.165) is 24.1 Å². The molecule has 0 aromatic heterocycles. The number of nitrogens with one attached hydrogen (secondary N) is 2. The summed E-state index contributed by atoms with van der Waals surface area (Å²) in [6.45, 7) is 4.81. The fourth-order valence-corrected chi connectivity index (χ4v) is 4.23. The maximum atomic E-state index is 13.6. The molecule has 4 atom stereocenters. The quantitative estimate of drug-likeness (QED) is 0.878. The van der Waals surface area contributed by atoms with Gasteiger partial charge in [0.1, 0.15) is 5.82 Å². The van der Waals surface area contributed by atoms with Crippen molar-refractivity contribution in [1.29, 1.82) is 0 Å². The van der Waals surface area contributed by atoms with Crippen molar-refractivity contribution in [2.24, 2.45) is 11.8 Å². The van der Waals surface area contributed by atoms with Crippen LogP contribution in [0.2, 0.25) is 0 Å². The second-order valence-electron chi connectivity index (χ2n) is 7.27. The van der Waals surface area contributed by atoms with Gasteiger partial charge in [0.15, 0.2) is 0 Å². The molecule has 23 heavy (non-hydrogen) atoms. The number of benzene rings is 1. The summed E-state index contributed by atoms with van der Waals surface area (Å²) in [5.74, 6) is 0.568. The molecule has 2 heterocycles. The summed E-state index contributed by atoms with van der Waals surface area (Å²) in [4.78, 5) is 15.2. The van der Waals surface area contributed by atoms with Gasteiger partial charge in [-0.1, -0.05) is 6.07 Å². The van der Waals surface area contributed by atoms with Crippen LogP contribution in [0.3, 0.4) is 0 Å². The molecule has 3 aliphatic rings. The molecule has 1 amide bonds. The van der Waals surface area contributed by atoms with E-state index in [-0.39, 0.29) is 35.8 Å². The van der Waals surface area contributed by atoms with Gasteiger partial charge >= 0.3 is 0 Å². The Hall–Kier alpha value is -1.46. The van der Waals surface area contributed by atoms with Crippen molar-refractivity contribution in [3.8, 4) is 0 Å². The molecule has 1 aliphatic carbocycles. The van der Waals surface area contributed by atoms with E-state index in [1.54, 1.807) is 6.07 Å². The van der Waals surface area contributed by atoms with Crippen LogP contribution in [0.15, 0.2) is 18.2 Å². The number of hydrogen-bond donors (Lipinski definition) is 2. The van der Waals surface area contributed by atoms with Crippen molar-refractivity contribution >= 4 is 5.91 Å². The van der Waals surface area contributed by atoms with Crippen LogP contribution in [0.5, 0.6) is 0 Å². The van der Waals surface area contributed by atoms with Gasteiger partial charge in [0.2, 0.25) is 5.91 Å². The molecular weight excluding hydrogens is 293 g/mol. The van der Waals surface area contributed by atoms with Crippen LogP contribution >= 0.6 is 0 Å². The Balaban J connectivity index is 1.59. The lowest BCUT2D eigenvalue weighted by molar-refractivity contribution is -0.139. The molecule has 1 saturated heterocycles. The number of halogens is 1. The van der Waals surface area contributed by atoms with Crippen molar-refractivity contribution < 1.29 is 9.18 Å². The number of amides is 1. The lowest BCUT2D eigenvalue weighted by Crippen LogP contribution is -2.47. The number of nitrogens with zero attached hydrogens (tertiary/aromatic N) is 1. The van der Waals surface area contributed by atoms with Crippen molar-refractivity contribution in [2.45, 2.75) is 51.2 Å².